The van der Waals surface area contributed by atoms with E-state index in [-0.39, 0.29) is 0 Å². The van der Waals surface area contributed by atoms with Crippen molar-refractivity contribution in [1.82, 2.24) is 0 Å². The average Bonchev–Trinajstić information content (AvgIpc) is 2.46. The number of nitrogens with zero attached hydrogens (tertiary/aromatic N) is 1. The molecule has 0 bridgehead atoms. The molecule has 0 spiro atoms. The second-order valence-electron chi connectivity index (χ2n) is 5.21. The number of anilines is 1. The molecule has 0 amide bonds. The summed E-state index contributed by atoms with van der Waals surface area (Å²) in [5.41, 5.74) is 2.86. The number of hydrogen-bond donors (Lipinski definition) is 1. The molecular formula is C17H18ClNO2. The number of carboxylic acid groups (broad SMARTS) is 1. The van der Waals surface area contributed by atoms with Gasteiger partial charge in [0.15, 0.2) is 0 Å². The Balaban J connectivity index is 2.20. The summed E-state index contributed by atoms with van der Waals surface area (Å²) in [5, 5.41) is 10.1. The van der Waals surface area contributed by atoms with Crippen molar-refractivity contribution in [3.05, 3.63) is 64.7 Å². The molecule has 0 aliphatic carbocycles. The van der Waals surface area contributed by atoms with Crippen LogP contribution in [-0.4, -0.2) is 25.2 Å². The Morgan fingerprint density at radius 3 is 2.14 bits per heavy atom. The Morgan fingerprint density at radius 2 is 1.67 bits per heavy atom. The fourth-order valence-electron chi connectivity index (χ4n) is 2.21. The predicted octanol–water partition coefficient (Wildman–Crippen LogP) is 3.82. The first-order valence-electron chi connectivity index (χ1n) is 6.72. The van der Waals surface area contributed by atoms with Gasteiger partial charge in [-0.25, -0.2) is 0 Å². The Bertz CT molecular complexity index is 606. The first-order valence-corrected chi connectivity index (χ1v) is 7.09. The van der Waals surface area contributed by atoms with Gasteiger partial charge in [-0.1, -0.05) is 35.9 Å². The standard InChI is InChI=1S/C17H18ClNO2/c1-19(2)15-9-3-12(4-10-15)11-16(17(20)21)13-5-7-14(18)8-6-13/h3-10,16H,11H2,1-2H3,(H,20,21). The number of rotatable bonds is 5. The molecule has 0 aromatic heterocycles. The highest BCUT2D eigenvalue weighted by Gasteiger charge is 2.20. The van der Waals surface area contributed by atoms with Gasteiger partial charge in [0.25, 0.3) is 0 Å². The van der Waals surface area contributed by atoms with Crippen LogP contribution in [0, 0.1) is 0 Å². The van der Waals surface area contributed by atoms with Crippen molar-refractivity contribution >= 4 is 23.3 Å². The zero-order valence-corrected chi connectivity index (χ0v) is 12.8. The molecule has 0 heterocycles. The summed E-state index contributed by atoms with van der Waals surface area (Å²) in [6.45, 7) is 0. The number of benzene rings is 2. The van der Waals surface area contributed by atoms with Crippen LogP contribution in [0.4, 0.5) is 5.69 Å². The maximum absolute atomic E-state index is 11.5. The van der Waals surface area contributed by atoms with E-state index < -0.39 is 11.9 Å². The molecule has 0 aliphatic rings. The van der Waals surface area contributed by atoms with Crippen molar-refractivity contribution < 1.29 is 9.90 Å². The summed E-state index contributed by atoms with van der Waals surface area (Å²) in [5.74, 6) is -1.39. The molecule has 1 unspecified atom stereocenters. The highest BCUT2D eigenvalue weighted by molar-refractivity contribution is 6.30. The van der Waals surface area contributed by atoms with E-state index in [4.69, 9.17) is 11.6 Å². The number of carboxylic acids is 1. The lowest BCUT2D eigenvalue weighted by Gasteiger charge is -2.15. The van der Waals surface area contributed by atoms with E-state index >= 15 is 0 Å². The van der Waals surface area contributed by atoms with Crippen molar-refractivity contribution in [2.24, 2.45) is 0 Å². The van der Waals surface area contributed by atoms with Gasteiger partial charge in [0.1, 0.15) is 0 Å². The van der Waals surface area contributed by atoms with Crippen LogP contribution in [0.15, 0.2) is 48.5 Å². The summed E-state index contributed by atoms with van der Waals surface area (Å²) < 4.78 is 0. The number of aliphatic carboxylic acids is 1. The molecule has 1 atom stereocenters. The lowest BCUT2D eigenvalue weighted by atomic mass is 9.92. The summed E-state index contributed by atoms with van der Waals surface area (Å²) in [6, 6.07) is 14.9. The molecule has 2 aromatic rings. The van der Waals surface area contributed by atoms with Crippen molar-refractivity contribution in [3.8, 4) is 0 Å². The van der Waals surface area contributed by atoms with E-state index in [0.29, 0.717) is 11.4 Å². The molecule has 0 saturated carbocycles. The third-order valence-electron chi connectivity index (χ3n) is 3.46. The van der Waals surface area contributed by atoms with Gasteiger partial charge < -0.3 is 10.0 Å². The first kappa shape index (κ1) is 15.4. The minimum Gasteiger partial charge on any atom is -0.481 e. The Kier molecular flexibility index (Phi) is 4.86. The van der Waals surface area contributed by atoms with E-state index in [1.54, 1.807) is 24.3 Å². The molecular weight excluding hydrogens is 286 g/mol. The zero-order chi connectivity index (χ0) is 15.4. The third-order valence-corrected chi connectivity index (χ3v) is 3.72. The molecule has 21 heavy (non-hydrogen) atoms. The van der Waals surface area contributed by atoms with Gasteiger partial charge >= 0.3 is 5.97 Å². The third kappa shape index (κ3) is 3.99. The molecule has 0 radical (unpaired) electrons. The lowest BCUT2D eigenvalue weighted by Crippen LogP contribution is -2.14. The monoisotopic (exact) mass is 303 g/mol. The van der Waals surface area contributed by atoms with Gasteiger partial charge in [0, 0.05) is 24.8 Å². The van der Waals surface area contributed by atoms with E-state index in [2.05, 4.69) is 0 Å². The molecule has 1 N–H and O–H groups in total. The fraction of sp³-hybridized carbons (Fsp3) is 0.235. The van der Waals surface area contributed by atoms with E-state index in [9.17, 15) is 9.90 Å². The van der Waals surface area contributed by atoms with Gasteiger partial charge in [-0.05, 0) is 41.8 Å². The largest absolute Gasteiger partial charge is 0.481 e. The zero-order valence-electron chi connectivity index (χ0n) is 12.1. The van der Waals surface area contributed by atoms with Crippen LogP contribution < -0.4 is 4.90 Å². The maximum atomic E-state index is 11.5. The van der Waals surface area contributed by atoms with Crippen molar-refractivity contribution in [1.29, 1.82) is 0 Å². The van der Waals surface area contributed by atoms with Crippen LogP contribution in [0.1, 0.15) is 17.0 Å². The molecule has 4 heteroatoms. The normalized spacial score (nSPS) is 12.0. The minimum atomic E-state index is -0.825. The van der Waals surface area contributed by atoms with Crippen LogP contribution in [0.5, 0.6) is 0 Å². The molecule has 2 aromatic carbocycles. The second kappa shape index (κ2) is 6.64. The Hall–Kier alpha value is -2.00. The van der Waals surface area contributed by atoms with Gasteiger partial charge in [0.05, 0.1) is 5.92 Å². The van der Waals surface area contributed by atoms with Gasteiger partial charge in [0.2, 0.25) is 0 Å². The van der Waals surface area contributed by atoms with Crippen LogP contribution >= 0.6 is 11.6 Å². The molecule has 0 saturated heterocycles. The molecule has 2 rings (SSSR count). The average molecular weight is 304 g/mol. The van der Waals surface area contributed by atoms with Gasteiger partial charge in [-0.15, -0.1) is 0 Å². The molecule has 0 fully saturated rings. The number of halogens is 1. The van der Waals surface area contributed by atoms with E-state index in [1.165, 1.54) is 0 Å². The molecule has 110 valence electrons. The highest BCUT2D eigenvalue weighted by atomic mass is 35.5. The summed E-state index contributed by atoms with van der Waals surface area (Å²) in [7, 11) is 3.95. The van der Waals surface area contributed by atoms with Crippen LogP contribution in [0.25, 0.3) is 0 Å². The summed E-state index contributed by atoms with van der Waals surface area (Å²) >= 11 is 5.85. The quantitative estimate of drug-likeness (QED) is 0.913. The van der Waals surface area contributed by atoms with Crippen molar-refractivity contribution in [3.63, 3.8) is 0 Å². The van der Waals surface area contributed by atoms with Crippen molar-refractivity contribution in [2.75, 3.05) is 19.0 Å². The van der Waals surface area contributed by atoms with Crippen molar-refractivity contribution in [2.45, 2.75) is 12.3 Å². The fourth-order valence-corrected chi connectivity index (χ4v) is 2.33. The van der Waals surface area contributed by atoms with Crippen LogP contribution in [0.3, 0.4) is 0 Å². The second-order valence-corrected chi connectivity index (χ2v) is 5.64. The van der Waals surface area contributed by atoms with Gasteiger partial charge in [-0.2, -0.15) is 0 Å². The summed E-state index contributed by atoms with van der Waals surface area (Å²) in [4.78, 5) is 13.5. The van der Waals surface area contributed by atoms with E-state index in [1.807, 2.05) is 43.3 Å². The summed E-state index contributed by atoms with van der Waals surface area (Å²) in [6.07, 6.45) is 0.463. The molecule has 0 aliphatic heterocycles. The van der Waals surface area contributed by atoms with E-state index in [0.717, 1.165) is 16.8 Å². The minimum absolute atomic E-state index is 0.463. The smallest absolute Gasteiger partial charge is 0.311 e. The Morgan fingerprint density at radius 1 is 1.10 bits per heavy atom. The van der Waals surface area contributed by atoms with Crippen LogP contribution in [-0.2, 0) is 11.2 Å². The SMILES string of the molecule is CN(C)c1ccc(CC(C(=O)O)c2ccc(Cl)cc2)cc1. The topological polar surface area (TPSA) is 40.5 Å². The predicted molar refractivity (Wildman–Crippen MR) is 86.3 cm³/mol. The first-order chi connectivity index (χ1) is 9.97. The maximum Gasteiger partial charge on any atom is 0.311 e. The molecule has 3 nitrogen and oxygen atoms in total. The number of carbonyl (C=O) groups is 1. The van der Waals surface area contributed by atoms with Crippen LogP contribution in [0.2, 0.25) is 5.02 Å². The Labute approximate surface area is 129 Å². The number of hydrogen-bond acceptors (Lipinski definition) is 2. The van der Waals surface area contributed by atoms with Gasteiger partial charge in [-0.3, -0.25) is 4.79 Å². The lowest BCUT2D eigenvalue weighted by molar-refractivity contribution is -0.138. The highest BCUT2D eigenvalue weighted by Crippen LogP contribution is 2.24.